The molecule has 2 N–H and O–H groups in total. The minimum Gasteiger partial charge on any atom is -0.486 e. The van der Waals surface area contributed by atoms with Crippen molar-refractivity contribution in [2.75, 3.05) is 0 Å². The SMILES string of the molecule is CCC1CCC(N)C(Oc2ccccc2F)C1. The first-order valence-electron chi connectivity index (χ1n) is 6.37. The third-order valence-electron chi connectivity index (χ3n) is 3.64. The van der Waals surface area contributed by atoms with Crippen LogP contribution in [0.1, 0.15) is 32.6 Å². The van der Waals surface area contributed by atoms with Crippen molar-refractivity contribution in [3.8, 4) is 5.75 Å². The van der Waals surface area contributed by atoms with Crippen molar-refractivity contribution < 1.29 is 9.13 Å². The van der Waals surface area contributed by atoms with Gasteiger partial charge in [-0.2, -0.15) is 0 Å². The molecule has 0 aliphatic heterocycles. The topological polar surface area (TPSA) is 35.2 Å². The third kappa shape index (κ3) is 2.97. The molecule has 1 aliphatic rings. The molecule has 2 rings (SSSR count). The molecule has 0 saturated heterocycles. The molecule has 0 heterocycles. The molecule has 0 spiro atoms. The van der Waals surface area contributed by atoms with E-state index in [0.29, 0.717) is 11.7 Å². The number of nitrogens with two attached hydrogens (primary N) is 1. The molecule has 1 aromatic carbocycles. The van der Waals surface area contributed by atoms with E-state index in [1.54, 1.807) is 18.2 Å². The molecule has 0 bridgehead atoms. The molecule has 0 aromatic heterocycles. The number of ether oxygens (including phenoxy) is 1. The molecule has 1 fully saturated rings. The standard InChI is InChI=1S/C14H20FNO/c1-2-10-7-8-12(16)14(9-10)17-13-6-4-3-5-11(13)15/h3-6,10,12,14H,2,7-9,16H2,1H3. The minimum absolute atomic E-state index is 0.0254. The van der Waals surface area contributed by atoms with Crippen molar-refractivity contribution >= 4 is 0 Å². The summed E-state index contributed by atoms with van der Waals surface area (Å²) in [4.78, 5) is 0. The number of hydrogen-bond donors (Lipinski definition) is 1. The van der Waals surface area contributed by atoms with Gasteiger partial charge in [0.15, 0.2) is 11.6 Å². The summed E-state index contributed by atoms with van der Waals surface area (Å²) in [5, 5.41) is 0. The van der Waals surface area contributed by atoms with E-state index in [-0.39, 0.29) is 18.0 Å². The second-order valence-electron chi connectivity index (χ2n) is 4.84. The van der Waals surface area contributed by atoms with Gasteiger partial charge in [-0.15, -0.1) is 0 Å². The van der Waals surface area contributed by atoms with Crippen LogP contribution >= 0.6 is 0 Å². The Morgan fingerprint density at radius 1 is 1.35 bits per heavy atom. The van der Waals surface area contributed by atoms with E-state index in [1.165, 1.54) is 6.07 Å². The Hall–Kier alpha value is -1.09. The maximum Gasteiger partial charge on any atom is 0.165 e. The fourth-order valence-electron chi connectivity index (χ4n) is 2.44. The largest absolute Gasteiger partial charge is 0.486 e. The number of halogens is 1. The van der Waals surface area contributed by atoms with Gasteiger partial charge in [-0.25, -0.2) is 4.39 Å². The van der Waals surface area contributed by atoms with Crippen LogP contribution in [0.15, 0.2) is 24.3 Å². The van der Waals surface area contributed by atoms with Crippen molar-refractivity contribution in [3.05, 3.63) is 30.1 Å². The van der Waals surface area contributed by atoms with Gasteiger partial charge in [-0.05, 0) is 37.3 Å². The van der Waals surface area contributed by atoms with Crippen molar-refractivity contribution in [1.29, 1.82) is 0 Å². The van der Waals surface area contributed by atoms with Crippen LogP contribution in [0.25, 0.3) is 0 Å². The van der Waals surface area contributed by atoms with Crippen LogP contribution in [0, 0.1) is 11.7 Å². The Kier molecular flexibility index (Phi) is 4.00. The molecule has 3 atom stereocenters. The highest BCUT2D eigenvalue weighted by atomic mass is 19.1. The molecule has 17 heavy (non-hydrogen) atoms. The molecule has 0 radical (unpaired) electrons. The van der Waals surface area contributed by atoms with Crippen LogP contribution in [0.3, 0.4) is 0 Å². The Morgan fingerprint density at radius 3 is 2.82 bits per heavy atom. The summed E-state index contributed by atoms with van der Waals surface area (Å²) in [6.07, 6.45) is 4.16. The van der Waals surface area contributed by atoms with E-state index in [1.807, 2.05) is 0 Å². The van der Waals surface area contributed by atoms with E-state index < -0.39 is 0 Å². The van der Waals surface area contributed by atoms with E-state index in [2.05, 4.69) is 6.92 Å². The Morgan fingerprint density at radius 2 is 2.12 bits per heavy atom. The molecule has 2 nitrogen and oxygen atoms in total. The lowest BCUT2D eigenvalue weighted by molar-refractivity contribution is 0.0970. The summed E-state index contributed by atoms with van der Waals surface area (Å²) >= 11 is 0. The normalized spacial score (nSPS) is 29.0. The predicted molar refractivity (Wildman–Crippen MR) is 66.4 cm³/mol. The highest BCUT2D eigenvalue weighted by Crippen LogP contribution is 2.29. The van der Waals surface area contributed by atoms with Gasteiger partial charge in [-0.3, -0.25) is 0 Å². The second-order valence-corrected chi connectivity index (χ2v) is 4.84. The molecule has 1 aliphatic carbocycles. The maximum atomic E-state index is 13.5. The average Bonchev–Trinajstić information content (AvgIpc) is 2.35. The summed E-state index contributed by atoms with van der Waals surface area (Å²) in [5.41, 5.74) is 6.05. The van der Waals surface area contributed by atoms with Gasteiger partial charge >= 0.3 is 0 Å². The first-order valence-corrected chi connectivity index (χ1v) is 6.37. The molecular weight excluding hydrogens is 217 g/mol. The molecule has 1 aromatic rings. The van der Waals surface area contributed by atoms with Gasteiger partial charge in [0.2, 0.25) is 0 Å². The zero-order chi connectivity index (χ0) is 12.3. The van der Waals surface area contributed by atoms with Crippen molar-refractivity contribution in [2.45, 2.75) is 44.8 Å². The zero-order valence-electron chi connectivity index (χ0n) is 10.2. The predicted octanol–water partition coefficient (Wildman–Crippen LogP) is 3.11. The van der Waals surface area contributed by atoms with Crippen molar-refractivity contribution in [3.63, 3.8) is 0 Å². The van der Waals surface area contributed by atoms with E-state index in [4.69, 9.17) is 10.5 Å². The third-order valence-corrected chi connectivity index (χ3v) is 3.64. The fourth-order valence-corrected chi connectivity index (χ4v) is 2.44. The van der Waals surface area contributed by atoms with Gasteiger partial charge in [0.25, 0.3) is 0 Å². The number of hydrogen-bond acceptors (Lipinski definition) is 2. The van der Waals surface area contributed by atoms with E-state index >= 15 is 0 Å². The number of para-hydroxylation sites is 1. The Labute approximate surface area is 102 Å². The molecule has 94 valence electrons. The summed E-state index contributed by atoms with van der Waals surface area (Å²) in [7, 11) is 0. The zero-order valence-corrected chi connectivity index (χ0v) is 10.2. The minimum atomic E-state index is -0.307. The van der Waals surface area contributed by atoms with Crippen LogP contribution in [0.2, 0.25) is 0 Å². The molecular formula is C14H20FNO. The lowest BCUT2D eigenvalue weighted by atomic mass is 9.83. The van der Waals surface area contributed by atoms with Crippen LogP contribution in [0.5, 0.6) is 5.75 Å². The van der Waals surface area contributed by atoms with Crippen molar-refractivity contribution in [1.82, 2.24) is 0 Å². The van der Waals surface area contributed by atoms with Gasteiger partial charge in [0.1, 0.15) is 6.10 Å². The first-order chi connectivity index (χ1) is 8.20. The Bertz CT molecular complexity index is 369. The van der Waals surface area contributed by atoms with Gasteiger partial charge < -0.3 is 10.5 Å². The van der Waals surface area contributed by atoms with Crippen LogP contribution < -0.4 is 10.5 Å². The second kappa shape index (κ2) is 5.50. The Balaban J connectivity index is 2.04. The highest BCUT2D eigenvalue weighted by Gasteiger charge is 2.29. The molecule has 1 saturated carbocycles. The van der Waals surface area contributed by atoms with E-state index in [0.717, 1.165) is 25.7 Å². The number of benzene rings is 1. The molecule has 0 amide bonds. The van der Waals surface area contributed by atoms with Crippen LogP contribution in [-0.2, 0) is 0 Å². The average molecular weight is 237 g/mol. The summed E-state index contributed by atoms with van der Waals surface area (Å²) < 4.78 is 19.2. The lowest BCUT2D eigenvalue weighted by Crippen LogP contribution is -2.43. The first kappa shape index (κ1) is 12.4. The van der Waals surface area contributed by atoms with Gasteiger partial charge in [0, 0.05) is 6.04 Å². The summed E-state index contributed by atoms with van der Waals surface area (Å²) in [6, 6.07) is 6.55. The van der Waals surface area contributed by atoms with Gasteiger partial charge in [0.05, 0.1) is 0 Å². The monoisotopic (exact) mass is 237 g/mol. The highest BCUT2D eigenvalue weighted by molar-refractivity contribution is 5.24. The van der Waals surface area contributed by atoms with Gasteiger partial charge in [-0.1, -0.05) is 25.5 Å². The van der Waals surface area contributed by atoms with Crippen LogP contribution in [-0.4, -0.2) is 12.1 Å². The lowest BCUT2D eigenvalue weighted by Gasteiger charge is -2.33. The van der Waals surface area contributed by atoms with Crippen molar-refractivity contribution in [2.24, 2.45) is 11.7 Å². The maximum absolute atomic E-state index is 13.5. The molecule has 3 heteroatoms. The summed E-state index contributed by atoms with van der Waals surface area (Å²) in [6.45, 7) is 2.18. The summed E-state index contributed by atoms with van der Waals surface area (Å²) in [5.74, 6) is 0.676. The van der Waals surface area contributed by atoms with E-state index in [9.17, 15) is 4.39 Å². The quantitative estimate of drug-likeness (QED) is 0.876. The van der Waals surface area contributed by atoms with Crippen LogP contribution in [0.4, 0.5) is 4.39 Å². The fraction of sp³-hybridized carbons (Fsp3) is 0.571. The molecule has 3 unspecified atom stereocenters. The smallest absolute Gasteiger partial charge is 0.165 e. The number of rotatable bonds is 3.